The van der Waals surface area contributed by atoms with E-state index in [9.17, 15) is 14.4 Å². The summed E-state index contributed by atoms with van der Waals surface area (Å²) in [6.07, 6.45) is 4.05. The molecule has 40 heavy (non-hydrogen) atoms. The van der Waals surface area contributed by atoms with Gasteiger partial charge in [0, 0.05) is 57.8 Å². The molecule has 3 amide bonds. The molecular weight excluding hydrogens is 504 g/mol. The summed E-state index contributed by atoms with van der Waals surface area (Å²) in [6, 6.07) is 17.0. The van der Waals surface area contributed by atoms with Crippen molar-refractivity contribution in [2.75, 3.05) is 34.2 Å². The van der Waals surface area contributed by atoms with Crippen LogP contribution in [0, 0.1) is 5.41 Å². The average Bonchev–Trinajstić information content (AvgIpc) is 3.34. The van der Waals surface area contributed by atoms with E-state index in [4.69, 9.17) is 5.73 Å². The molecule has 2 heterocycles. The number of carbonyl (C=O) groups excluding carboxylic acids is 3. The Bertz CT molecular complexity index is 1350. The molecule has 4 N–H and O–H groups in total. The van der Waals surface area contributed by atoms with Crippen molar-refractivity contribution in [1.82, 2.24) is 25.2 Å². The topological polar surface area (TPSA) is 115 Å². The van der Waals surface area contributed by atoms with Crippen LogP contribution < -0.4 is 11.1 Å². The van der Waals surface area contributed by atoms with E-state index in [0.717, 1.165) is 22.0 Å². The van der Waals surface area contributed by atoms with Gasteiger partial charge in [-0.3, -0.25) is 19.4 Å². The molecule has 1 saturated heterocycles. The number of fused-ring (bicyclic) bond motifs is 1. The van der Waals surface area contributed by atoms with E-state index in [-0.39, 0.29) is 18.4 Å². The van der Waals surface area contributed by atoms with Crippen LogP contribution in [0.2, 0.25) is 0 Å². The molecule has 1 aliphatic rings. The van der Waals surface area contributed by atoms with E-state index in [1.165, 1.54) is 0 Å². The third-order valence-corrected chi connectivity index (χ3v) is 7.91. The van der Waals surface area contributed by atoms with Crippen molar-refractivity contribution < 1.29 is 14.4 Å². The Balaban J connectivity index is 1.66. The van der Waals surface area contributed by atoms with Gasteiger partial charge in [0.2, 0.25) is 17.7 Å². The van der Waals surface area contributed by atoms with Crippen LogP contribution in [0.1, 0.15) is 37.8 Å². The highest BCUT2D eigenvalue weighted by Crippen LogP contribution is 2.36. The Hall–Kier alpha value is -3.69. The Kier molecular flexibility index (Phi) is 8.65. The summed E-state index contributed by atoms with van der Waals surface area (Å²) in [5.74, 6) is -0.638. The van der Waals surface area contributed by atoms with Gasteiger partial charge < -0.3 is 20.9 Å². The number of hydrazine groups is 1. The molecule has 0 saturated carbocycles. The van der Waals surface area contributed by atoms with Gasteiger partial charge in [0.25, 0.3) is 0 Å². The van der Waals surface area contributed by atoms with Crippen molar-refractivity contribution in [2.24, 2.45) is 11.1 Å². The molecule has 2 unspecified atom stereocenters. The van der Waals surface area contributed by atoms with Crippen molar-refractivity contribution in [3.8, 4) is 0 Å². The Morgan fingerprint density at radius 2 is 1.75 bits per heavy atom. The first-order valence-corrected chi connectivity index (χ1v) is 13.8. The first-order chi connectivity index (χ1) is 18.9. The fourth-order valence-corrected chi connectivity index (χ4v) is 5.51. The molecule has 0 aliphatic carbocycles. The zero-order valence-electron chi connectivity index (χ0n) is 24.2. The number of hydrogen-bond donors (Lipinski definition) is 3. The van der Waals surface area contributed by atoms with Gasteiger partial charge in [-0.1, -0.05) is 48.5 Å². The number of benzene rings is 2. The molecule has 1 aromatic heterocycles. The monoisotopic (exact) mass is 546 g/mol. The van der Waals surface area contributed by atoms with E-state index >= 15 is 0 Å². The van der Waals surface area contributed by atoms with Crippen LogP contribution in [0.5, 0.6) is 0 Å². The van der Waals surface area contributed by atoms with Crippen molar-refractivity contribution in [3.05, 3.63) is 71.9 Å². The van der Waals surface area contributed by atoms with Crippen molar-refractivity contribution in [2.45, 2.75) is 51.1 Å². The van der Waals surface area contributed by atoms with Crippen LogP contribution in [0.3, 0.4) is 0 Å². The summed E-state index contributed by atoms with van der Waals surface area (Å²) < 4.78 is 0. The Labute approximate surface area is 236 Å². The number of carbonyl (C=O) groups is 3. The molecular formula is C31H42N6O3. The lowest BCUT2D eigenvalue weighted by molar-refractivity contribution is -0.159. The molecule has 0 bridgehead atoms. The lowest BCUT2D eigenvalue weighted by atomic mass is 9.74. The summed E-state index contributed by atoms with van der Waals surface area (Å²) >= 11 is 0. The predicted octanol–water partition coefficient (Wildman–Crippen LogP) is 2.72. The molecule has 1 aliphatic heterocycles. The third kappa shape index (κ3) is 6.37. The van der Waals surface area contributed by atoms with Gasteiger partial charge in [-0.2, -0.15) is 0 Å². The van der Waals surface area contributed by atoms with E-state index in [2.05, 4.69) is 10.3 Å². The number of nitrogens with one attached hydrogen (secondary N) is 2. The lowest BCUT2D eigenvalue weighted by Gasteiger charge is -2.45. The Morgan fingerprint density at radius 3 is 2.42 bits per heavy atom. The largest absolute Gasteiger partial charge is 0.361 e. The number of likely N-dealkylation sites (tertiary alicyclic amines) is 1. The fourth-order valence-electron chi connectivity index (χ4n) is 5.51. The predicted molar refractivity (Wildman–Crippen MR) is 157 cm³/mol. The average molecular weight is 547 g/mol. The molecule has 1 fully saturated rings. The summed E-state index contributed by atoms with van der Waals surface area (Å²) in [5, 5.41) is 7.32. The summed E-state index contributed by atoms with van der Waals surface area (Å²) in [7, 11) is 5.43. The number of hydrogen-bond acceptors (Lipinski definition) is 5. The highest BCUT2D eigenvalue weighted by atomic mass is 16.2. The third-order valence-electron chi connectivity index (χ3n) is 7.91. The van der Waals surface area contributed by atoms with Gasteiger partial charge in [-0.05, 0) is 50.3 Å². The maximum Gasteiger partial charge on any atom is 0.245 e. The molecule has 9 nitrogen and oxygen atoms in total. The number of nitrogens with zero attached hydrogens (tertiary/aromatic N) is 3. The lowest BCUT2D eigenvalue weighted by Crippen LogP contribution is -2.61. The number of aromatic nitrogens is 1. The summed E-state index contributed by atoms with van der Waals surface area (Å²) in [6.45, 7) is 4.03. The molecule has 2 aromatic carbocycles. The summed E-state index contributed by atoms with van der Waals surface area (Å²) in [4.78, 5) is 46.2. The minimum atomic E-state index is -1.15. The molecule has 4 rings (SSSR count). The number of H-pyrrole nitrogens is 1. The van der Waals surface area contributed by atoms with Crippen molar-refractivity contribution >= 4 is 28.6 Å². The second-order valence-corrected chi connectivity index (χ2v) is 11.8. The van der Waals surface area contributed by atoms with E-state index in [0.29, 0.717) is 32.2 Å². The first kappa shape index (κ1) is 29.3. The minimum Gasteiger partial charge on any atom is -0.361 e. The van der Waals surface area contributed by atoms with Gasteiger partial charge in [-0.15, -0.1) is 0 Å². The van der Waals surface area contributed by atoms with Crippen LogP contribution in [-0.2, 0) is 27.2 Å². The van der Waals surface area contributed by atoms with Crippen molar-refractivity contribution in [3.63, 3.8) is 0 Å². The van der Waals surface area contributed by atoms with Gasteiger partial charge in [0.05, 0.1) is 11.0 Å². The fraction of sp³-hybridized carbons (Fsp3) is 0.452. The quantitative estimate of drug-likeness (QED) is 0.357. The number of nitrogens with two attached hydrogens (primary N) is 1. The standard InChI is InChI=1S/C31H42N6O3/c1-30(2,32)28(39)34-26(18-23-20-33-25-15-10-9-14-24(23)25)27(38)37-17-11-16-31(21-37,29(40)36(5)35(3)4)19-22-12-7-6-8-13-22/h6-10,12-15,20,26,33H,11,16-19,21,32H2,1-5H3,(H,34,39). The van der Waals surface area contributed by atoms with E-state index in [1.807, 2.05) is 74.9 Å². The Morgan fingerprint density at radius 1 is 1.07 bits per heavy atom. The van der Waals surface area contributed by atoms with Gasteiger partial charge in [0.15, 0.2) is 0 Å². The smallest absolute Gasteiger partial charge is 0.245 e. The SMILES string of the molecule is CN(C)N(C)C(=O)C1(Cc2ccccc2)CCCN(C(=O)C(Cc2c[nH]c3ccccc23)NC(=O)C(C)(C)N)C1. The zero-order valence-corrected chi connectivity index (χ0v) is 24.2. The normalized spacial score (nSPS) is 18.5. The maximum absolute atomic E-state index is 14.2. The highest BCUT2D eigenvalue weighted by molar-refractivity contribution is 5.93. The summed E-state index contributed by atoms with van der Waals surface area (Å²) in [5.41, 5.74) is 7.10. The van der Waals surface area contributed by atoms with Crippen LogP contribution in [-0.4, -0.2) is 83.4 Å². The van der Waals surface area contributed by atoms with Crippen LogP contribution in [0.25, 0.3) is 10.9 Å². The molecule has 0 spiro atoms. The first-order valence-electron chi connectivity index (χ1n) is 13.8. The number of para-hydroxylation sites is 1. The molecule has 214 valence electrons. The van der Waals surface area contributed by atoms with Gasteiger partial charge in [0.1, 0.15) is 6.04 Å². The van der Waals surface area contributed by atoms with Gasteiger partial charge in [-0.25, -0.2) is 5.01 Å². The minimum absolute atomic E-state index is 0.0286. The van der Waals surface area contributed by atoms with E-state index in [1.54, 1.807) is 35.8 Å². The molecule has 2 atom stereocenters. The molecule has 3 aromatic rings. The number of aromatic amines is 1. The number of rotatable bonds is 9. The van der Waals surface area contributed by atoms with Crippen molar-refractivity contribution in [1.29, 1.82) is 0 Å². The number of amides is 3. The highest BCUT2D eigenvalue weighted by Gasteiger charge is 2.46. The molecule has 0 radical (unpaired) electrons. The van der Waals surface area contributed by atoms with Gasteiger partial charge >= 0.3 is 0 Å². The van der Waals surface area contributed by atoms with Crippen LogP contribution in [0.15, 0.2) is 60.8 Å². The molecule has 9 heteroatoms. The van der Waals surface area contributed by atoms with E-state index < -0.39 is 22.9 Å². The maximum atomic E-state index is 14.2. The second-order valence-electron chi connectivity index (χ2n) is 11.8. The van der Waals surface area contributed by atoms with Crippen LogP contribution in [0.4, 0.5) is 0 Å². The number of piperidine rings is 1. The zero-order chi connectivity index (χ0) is 29.1. The second kappa shape index (κ2) is 11.8. The van der Waals surface area contributed by atoms with Crippen LogP contribution >= 0.6 is 0 Å².